The molecule has 11 heteroatoms. The summed E-state index contributed by atoms with van der Waals surface area (Å²) < 4.78 is 10.8. The molecule has 164 valence electrons. The zero-order chi connectivity index (χ0) is 22.8. The molecule has 9 nitrogen and oxygen atoms in total. The van der Waals surface area contributed by atoms with Gasteiger partial charge in [-0.2, -0.15) is 5.10 Å². The first-order chi connectivity index (χ1) is 14.8. The van der Waals surface area contributed by atoms with Crippen molar-refractivity contribution in [2.75, 3.05) is 25.6 Å². The quantitative estimate of drug-likeness (QED) is 0.314. The number of amides is 3. The summed E-state index contributed by atoms with van der Waals surface area (Å²) in [6.07, 6.45) is 1.33. The summed E-state index contributed by atoms with van der Waals surface area (Å²) in [4.78, 5) is 34.9. The van der Waals surface area contributed by atoms with Crippen LogP contribution in [0.5, 0.6) is 11.5 Å². The highest BCUT2D eigenvalue weighted by Crippen LogP contribution is 2.28. The molecule has 0 atom stereocenters. The summed E-state index contributed by atoms with van der Waals surface area (Å²) in [5.74, 6) is -1.38. The number of carbonyl (C=O) groups excluding carboxylic acids is 3. The van der Waals surface area contributed by atoms with Crippen molar-refractivity contribution in [3.63, 3.8) is 0 Å². The lowest BCUT2D eigenvalue weighted by atomic mass is 10.2. The molecule has 0 aliphatic carbocycles. The Morgan fingerprint density at radius 3 is 2.48 bits per heavy atom. The van der Waals surface area contributed by atoms with E-state index in [0.717, 1.165) is 0 Å². The van der Waals surface area contributed by atoms with Crippen molar-refractivity contribution in [2.45, 2.75) is 6.92 Å². The molecule has 3 N–H and O–H groups in total. The number of nitrogens with one attached hydrogen (secondary N) is 3. The number of hydrazone groups is 1. The van der Waals surface area contributed by atoms with E-state index in [-0.39, 0.29) is 6.61 Å². The summed E-state index contributed by atoms with van der Waals surface area (Å²) in [7, 11) is 1.44. The molecule has 0 aromatic heterocycles. The normalized spacial score (nSPS) is 10.5. The van der Waals surface area contributed by atoms with Crippen LogP contribution in [0.4, 0.5) is 5.69 Å². The molecule has 31 heavy (non-hydrogen) atoms. The molecule has 0 unspecified atom stereocenters. The molecule has 3 amide bonds. The Morgan fingerprint density at radius 2 is 1.81 bits per heavy atom. The van der Waals surface area contributed by atoms with Gasteiger partial charge in [0, 0.05) is 12.2 Å². The van der Waals surface area contributed by atoms with Gasteiger partial charge in [0.05, 0.1) is 23.4 Å². The molecule has 2 rings (SSSR count). The minimum Gasteiger partial charge on any atom is -0.493 e. The molecule has 0 heterocycles. The Kier molecular flexibility index (Phi) is 9.11. The van der Waals surface area contributed by atoms with Crippen LogP contribution in [-0.2, 0) is 14.4 Å². The Labute approximate surface area is 188 Å². The number of rotatable bonds is 8. The summed E-state index contributed by atoms with van der Waals surface area (Å²) >= 11 is 11.8. The van der Waals surface area contributed by atoms with Crippen LogP contribution in [0.1, 0.15) is 12.5 Å². The maximum absolute atomic E-state index is 12.1. The van der Waals surface area contributed by atoms with Gasteiger partial charge in [0.15, 0.2) is 18.1 Å². The average Bonchev–Trinajstić information content (AvgIpc) is 2.75. The number of hydrogen-bond donors (Lipinski definition) is 3. The van der Waals surface area contributed by atoms with E-state index in [2.05, 4.69) is 21.2 Å². The number of halogens is 2. The minimum absolute atomic E-state index is 0.271. The molecule has 0 spiro atoms. The fraction of sp³-hybridized carbons (Fsp3) is 0.200. The van der Waals surface area contributed by atoms with Crippen molar-refractivity contribution < 1.29 is 23.9 Å². The predicted molar refractivity (Wildman–Crippen MR) is 118 cm³/mol. The Bertz CT molecular complexity index is 998. The van der Waals surface area contributed by atoms with Gasteiger partial charge in [-0.15, -0.1) is 0 Å². The highest BCUT2D eigenvalue weighted by atomic mass is 35.5. The van der Waals surface area contributed by atoms with Gasteiger partial charge in [-0.3, -0.25) is 14.4 Å². The van der Waals surface area contributed by atoms with Gasteiger partial charge in [0.1, 0.15) is 0 Å². The predicted octanol–water partition coefficient (Wildman–Crippen LogP) is 2.61. The smallest absolute Gasteiger partial charge is 0.329 e. The Balaban J connectivity index is 1.94. The fourth-order valence-electron chi connectivity index (χ4n) is 2.26. The van der Waals surface area contributed by atoms with Gasteiger partial charge in [-0.1, -0.05) is 23.2 Å². The number of methoxy groups -OCH3 is 1. The largest absolute Gasteiger partial charge is 0.493 e. The lowest BCUT2D eigenvalue weighted by Crippen LogP contribution is -2.37. The number of ether oxygens (including phenoxy) is 2. The third-order valence-electron chi connectivity index (χ3n) is 3.67. The Morgan fingerprint density at radius 1 is 1.03 bits per heavy atom. The monoisotopic (exact) mass is 466 g/mol. The van der Waals surface area contributed by atoms with Gasteiger partial charge in [-0.05, 0) is 48.9 Å². The molecular weight excluding hydrogens is 447 g/mol. The minimum atomic E-state index is -0.877. The lowest BCUT2D eigenvalue weighted by Gasteiger charge is -2.11. The second kappa shape index (κ2) is 11.8. The van der Waals surface area contributed by atoms with E-state index in [1.807, 2.05) is 0 Å². The van der Waals surface area contributed by atoms with E-state index >= 15 is 0 Å². The molecule has 0 radical (unpaired) electrons. The topological polar surface area (TPSA) is 118 Å². The average molecular weight is 467 g/mol. The first-order valence-corrected chi connectivity index (χ1v) is 9.76. The van der Waals surface area contributed by atoms with E-state index < -0.39 is 17.7 Å². The van der Waals surface area contributed by atoms with Gasteiger partial charge in [0.25, 0.3) is 5.91 Å². The van der Waals surface area contributed by atoms with Crippen molar-refractivity contribution in [1.82, 2.24) is 10.7 Å². The number of benzene rings is 2. The van der Waals surface area contributed by atoms with Crippen LogP contribution in [0.15, 0.2) is 41.5 Å². The number of carbonyl (C=O) groups is 3. The molecule has 0 saturated heterocycles. The van der Waals surface area contributed by atoms with Gasteiger partial charge in [-0.25, -0.2) is 5.43 Å². The van der Waals surface area contributed by atoms with Crippen LogP contribution < -0.4 is 25.5 Å². The van der Waals surface area contributed by atoms with Crippen molar-refractivity contribution in [1.29, 1.82) is 0 Å². The summed E-state index contributed by atoms with van der Waals surface area (Å²) in [6, 6.07) is 9.53. The molecule has 2 aromatic carbocycles. The van der Waals surface area contributed by atoms with E-state index in [4.69, 9.17) is 32.7 Å². The van der Waals surface area contributed by atoms with Crippen molar-refractivity contribution in [3.8, 4) is 11.5 Å². The third-order valence-corrected chi connectivity index (χ3v) is 4.41. The lowest BCUT2D eigenvalue weighted by molar-refractivity contribution is -0.139. The van der Waals surface area contributed by atoms with E-state index in [1.54, 1.807) is 37.3 Å². The van der Waals surface area contributed by atoms with Crippen LogP contribution >= 0.6 is 23.2 Å². The van der Waals surface area contributed by atoms with Crippen LogP contribution in [0.3, 0.4) is 0 Å². The second-order valence-corrected chi connectivity index (χ2v) is 6.75. The van der Waals surface area contributed by atoms with E-state index in [9.17, 15) is 14.4 Å². The maximum atomic E-state index is 12.1. The van der Waals surface area contributed by atoms with E-state index in [0.29, 0.717) is 39.3 Å². The number of likely N-dealkylation sites (N-methyl/N-ethyl adjacent to an activating group) is 1. The molecule has 0 fully saturated rings. The first kappa shape index (κ1) is 24.0. The number of nitrogens with zero attached hydrogens (tertiary/aromatic N) is 1. The van der Waals surface area contributed by atoms with Crippen LogP contribution in [0, 0.1) is 0 Å². The van der Waals surface area contributed by atoms with Crippen molar-refractivity contribution >= 4 is 52.8 Å². The van der Waals surface area contributed by atoms with Gasteiger partial charge < -0.3 is 20.1 Å². The summed E-state index contributed by atoms with van der Waals surface area (Å²) in [5, 5.41) is 9.42. The third kappa shape index (κ3) is 7.47. The second-order valence-electron chi connectivity index (χ2n) is 5.93. The molecule has 0 aliphatic rings. The maximum Gasteiger partial charge on any atom is 0.329 e. The zero-order valence-corrected chi connectivity index (χ0v) is 18.2. The Hall–Kier alpha value is -3.30. The summed E-state index contributed by atoms with van der Waals surface area (Å²) in [5.41, 5.74) is 3.17. The van der Waals surface area contributed by atoms with Gasteiger partial charge in [0.2, 0.25) is 0 Å². The van der Waals surface area contributed by atoms with Crippen LogP contribution in [0.2, 0.25) is 10.0 Å². The molecule has 0 aliphatic heterocycles. The zero-order valence-electron chi connectivity index (χ0n) is 16.7. The van der Waals surface area contributed by atoms with Crippen LogP contribution in [-0.4, -0.2) is 44.2 Å². The highest BCUT2D eigenvalue weighted by Gasteiger charge is 2.11. The number of anilines is 1. The molecule has 0 saturated carbocycles. The fourth-order valence-corrected chi connectivity index (χ4v) is 2.55. The van der Waals surface area contributed by atoms with Crippen molar-refractivity contribution in [2.24, 2.45) is 5.10 Å². The molecular formula is C20H20Cl2N4O5. The number of hydrogen-bond acceptors (Lipinski definition) is 6. The van der Waals surface area contributed by atoms with Crippen molar-refractivity contribution in [3.05, 3.63) is 52.0 Å². The first-order valence-electron chi connectivity index (χ1n) is 9.01. The molecule has 0 bridgehead atoms. The standard InChI is InChI=1S/C20H20Cl2N4O5/c1-3-23-19(28)20(29)26-24-10-12-4-7-16(17(8-12)30-2)31-11-18(27)25-13-5-6-14(21)15(22)9-13/h4-10H,3,11H2,1-2H3,(H,23,28)(H,25,27)(H,26,29). The summed E-state index contributed by atoms with van der Waals surface area (Å²) in [6.45, 7) is 1.76. The molecule has 2 aromatic rings. The highest BCUT2D eigenvalue weighted by molar-refractivity contribution is 6.42. The SMILES string of the molecule is CCNC(=O)C(=O)NN=Cc1ccc(OCC(=O)Nc2ccc(Cl)c(Cl)c2)c(OC)c1. The van der Waals surface area contributed by atoms with Crippen LogP contribution in [0.25, 0.3) is 0 Å². The van der Waals surface area contributed by atoms with E-state index in [1.165, 1.54) is 19.4 Å². The van der Waals surface area contributed by atoms with Gasteiger partial charge >= 0.3 is 11.8 Å².